The van der Waals surface area contributed by atoms with Crippen molar-refractivity contribution >= 4 is 16.9 Å². The highest BCUT2D eigenvalue weighted by Crippen LogP contribution is 2.52. The predicted octanol–water partition coefficient (Wildman–Crippen LogP) is 3.68. The summed E-state index contributed by atoms with van der Waals surface area (Å²) in [6, 6.07) is 6.29. The number of rotatable bonds is 3. The third kappa shape index (κ3) is 2.27. The number of furan rings is 1. The lowest BCUT2D eigenvalue weighted by molar-refractivity contribution is -0.0188. The molecule has 0 spiro atoms. The van der Waals surface area contributed by atoms with E-state index >= 15 is 0 Å². The van der Waals surface area contributed by atoms with Gasteiger partial charge in [-0.15, -0.1) is 0 Å². The van der Waals surface area contributed by atoms with Crippen molar-refractivity contribution in [3.63, 3.8) is 0 Å². The van der Waals surface area contributed by atoms with E-state index in [9.17, 15) is 4.79 Å². The van der Waals surface area contributed by atoms with E-state index in [4.69, 9.17) is 10.2 Å². The van der Waals surface area contributed by atoms with Crippen LogP contribution in [-0.4, -0.2) is 29.9 Å². The Morgan fingerprint density at radius 2 is 2.24 bits per heavy atom. The van der Waals surface area contributed by atoms with Gasteiger partial charge in [0.05, 0.1) is 0 Å². The number of piperidine rings is 2. The summed E-state index contributed by atoms with van der Waals surface area (Å²) < 4.78 is 6.39. The van der Waals surface area contributed by atoms with Crippen LogP contribution in [-0.2, 0) is 6.42 Å². The first-order chi connectivity index (χ1) is 12.2. The van der Waals surface area contributed by atoms with Gasteiger partial charge in [-0.25, -0.2) is 0 Å². The Hall–Kier alpha value is -1.81. The molecule has 1 aromatic carbocycles. The Kier molecular flexibility index (Phi) is 3.46. The molecule has 0 radical (unpaired) electrons. The standard InChI is InChI=1S/C21H26N2O2/c1-2-3-13-8-12-9-17-19(13)23(11-12)7-6-15-16-10-14(21(22)24)4-5-18(16)25-20(15)17/h4-5,10,12-13,17,19H,2-3,6-9,11H2,1H3,(H2,22,24)/t12-,13-,17+,19?/m0/s1. The van der Waals surface area contributed by atoms with Gasteiger partial charge in [0.15, 0.2) is 0 Å². The third-order valence-corrected chi connectivity index (χ3v) is 6.78. The summed E-state index contributed by atoms with van der Waals surface area (Å²) in [7, 11) is 0. The Balaban J connectivity index is 1.63. The van der Waals surface area contributed by atoms with E-state index in [1.165, 1.54) is 43.6 Å². The minimum atomic E-state index is -0.366. The smallest absolute Gasteiger partial charge is 0.248 e. The number of amides is 1. The van der Waals surface area contributed by atoms with Gasteiger partial charge < -0.3 is 10.2 Å². The molecule has 132 valence electrons. The molecular weight excluding hydrogens is 312 g/mol. The number of nitrogens with two attached hydrogens (primary N) is 1. The average Bonchev–Trinajstić information content (AvgIpc) is 2.92. The first-order valence-corrected chi connectivity index (χ1v) is 9.75. The largest absolute Gasteiger partial charge is 0.460 e. The SMILES string of the molecule is CCC[C@H]1C[C@H]2C[C@H]3c4oc5ccc(C(N)=O)cc5c4CCN(C2)C13. The summed E-state index contributed by atoms with van der Waals surface area (Å²) >= 11 is 0. The van der Waals surface area contributed by atoms with Crippen LogP contribution in [0.5, 0.6) is 0 Å². The molecule has 4 heterocycles. The molecule has 2 N–H and O–H groups in total. The average molecular weight is 338 g/mol. The highest BCUT2D eigenvalue weighted by molar-refractivity contribution is 5.97. The Bertz CT molecular complexity index is 840. The van der Waals surface area contributed by atoms with Crippen molar-refractivity contribution in [2.24, 2.45) is 17.6 Å². The molecular formula is C21H26N2O2. The first kappa shape index (κ1) is 15.4. The van der Waals surface area contributed by atoms with Crippen molar-refractivity contribution < 1.29 is 9.21 Å². The summed E-state index contributed by atoms with van der Waals surface area (Å²) in [5.41, 5.74) is 8.31. The number of carbonyl (C=O) groups is 1. The van der Waals surface area contributed by atoms with Gasteiger partial charge in [0, 0.05) is 41.6 Å². The maximum atomic E-state index is 11.6. The van der Waals surface area contributed by atoms with Gasteiger partial charge in [-0.05, 0) is 55.7 Å². The molecule has 2 saturated heterocycles. The Labute approximate surface area is 148 Å². The molecule has 1 aliphatic carbocycles. The van der Waals surface area contributed by atoms with Gasteiger partial charge in [-0.1, -0.05) is 13.3 Å². The number of carbonyl (C=O) groups excluding carboxylic acids is 1. The van der Waals surface area contributed by atoms with Crippen molar-refractivity contribution in [3.8, 4) is 0 Å². The Morgan fingerprint density at radius 3 is 3.04 bits per heavy atom. The maximum absolute atomic E-state index is 11.6. The number of hydrogen-bond donors (Lipinski definition) is 1. The molecule has 1 aromatic heterocycles. The molecule has 25 heavy (non-hydrogen) atoms. The van der Waals surface area contributed by atoms with E-state index in [0.29, 0.717) is 17.5 Å². The molecule has 2 aromatic rings. The van der Waals surface area contributed by atoms with Crippen LogP contribution in [0.25, 0.3) is 11.0 Å². The second-order valence-electron chi connectivity index (χ2n) is 8.25. The summed E-state index contributed by atoms with van der Waals surface area (Å²) in [4.78, 5) is 14.3. The van der Waals surface area contributed by atoms with E-state index in [0.717, 1.165) is 35.8 Å². The predicted molar refractivity (Wildman–Crippen MR) is 97.7 cm³/mol. The van der Waals surface area contributed by atoms with Gasteiger partial charge in [0.25, 0.3) is 0 Å². The maximum Gasteiger partial charge on any atom is 0.248 e. The van der Waals surface area contributed by atoms with Crippen LogP contribution in [0.15, 0.2) is 22.6 Å². The van der Waals surface area contributed by atoms with Crippen LogP contribution in [0, 0.1) is 11.8 Å². The number of nitrogens with zero attached hydrogens (tertiary/aromatic N) is 1. The summed E-state index contributed by atoms with van der Waals surface area (Å²) in [6.07, 6.45) is 6.27. The van der Waals surface area contributed by atoms with Gasteiger partial charge in [0.1, 0.15) is 11.3 Å². The van der Waals surface area contributed by atoms with E-state index in [1.54, 1.807) is 6.07 Å². The molecule has 3 aliphatic heterocycles. The molecule has 1 saturated carbocycles. The fraction of sp³-hybridized carbons (Fsp3) is 0.571. The van der Waals surface area contributed by atoms with Gasteiger partial charge >= 0.3 is 0 Å². The van der Waals surface area contributed by atoms with Crippen LogP contribution < -0.4 is 5.73 Å². The lowest BCUT2D eigenvalue weighted by Crippen LogP contribution is -2.56. The minimum absolute atomic E-state index is 0.366. The van der Waals surface area contributed by atoms with Crippen molar-refractivity contribution in [2.75, 3.05) is 13.1 Å². The van der Waals surface area contributed by atoms with Gasteiger partial charge in [0.2, 0.25) is 5.91 Å². The summed E-state index contributed by atoms with van der Waals surface area (Å²) in [6.45, 7) is 4.68. The zero-order chi connectivity index (χ0) is 17.1. The van der Waals surface area contributed by atoms with Crippen molar-refractivity contribution in [3.05, 3.63) is 35.1 Å². The highest BCUT2D eigenvalue weighted by Gasteiger charge is 2.49. The monoisotopic (exact) mass is 338 g/mol. The van der Waals surface area contributed by atoms with Crippen molar-refractivity contribution in [1.29, 1.82) is 0 Å². The molecule has 4 nitrogen and oxygen atoms in total. The van der Waals surface area contributed by atoms with Crippen LogP contribution in [0.1, 0.15) is 60.2 Å². The van der Waals surface area contributed by atoms with Crippen molar-refractivity contribution in [1.82, 2.24) is 4.90 Å². The summed E-state index contributed by atoms with van der Waals surface area (Å²) in [5, 5.41) is 1.10. The minimum Gasteiger partial charge on any atom is -0.460 e. The van der Waals surface area contributed by atoms with Gasteiger partial charge in [-0.3, -0.25) is 9.69 Å². The lowest BCUT2D eigenvalue weighted by atomic mass is 9.65. The summed E-state index contributed by atoms with van der Waals surface area (Å²) in [5.74, 6) is 2.98. The topological polar surface area (TPSA) is 59.5 Å². The Morgan fingerprint density at radius 1 is 1.36 bits per heavy atom. The van der Waals surface area contributed by atoms with E-state index in [1.807, 2.05) is 12.1 Å². The molecule has 4 heteroatoms. The second-order valence-corrected chi connectivity index (χ2v) is 8.25. The van der Waals surface area contributed by atoms with E-state index in [2.05, 4.69) is 11.8 Å². The van der Waals surface area contributed by atoms with E-state index in [-0.39, 0.29) is 5.91 Å². The van der Waals surface area contributed by atoms with Crippen LogP contribution in [0.4, 0.5) is 0 Å². The quantitative estimate of drug-likeness (QED) is 0.928. The fourth-order valence-corrected chi connectivity index (χ4v) is 5.94. The molecule has 3 fully saturated rings. The molecule has 4 aliphatic rings. The zero-order valence-corrected chi connectivity index (χ0v) is 14.8. The fourth-order valence-electron chi connectivity index (χ4n) is 5.94. The van der Waals surface area contributed by atoms with E-state index < -0.39 is 0 Å². The highest BCUT2D eigenvalue weighted by atomic mass is 16.3. The first-order valence-electron chi connectivity index (χ1n) is 9.75. The lowest BCUT2D eigenvalue weighted by Gasteiger charge is -2.53. The van der Waals surface area contributed by atoms with Crippen LogP contribution in [0.3, 0.4) is 0 Å². The number of hydrogen-bond acceptors (Lipinski definition) is 3. The number of primary amides is 1. The van der Waals surface area contributed by atoms with Gasteiger partial charge in [-0.2, -0.15) is 0 Å². The third-order valence-electron chi connectivity index (χ3n) is 6.78. The number of benzene rings is 1. The normalized spacial score (nSPS) is 33.2. The molecule has 1 amide bonds. The molecule has 5 atom stereocenters. The van der Waals surface area contributed by atoms with Crippen LogP contribution in [0.2, 0.25) is 0 Å². The molecule has 4 bridgehead atoms. The zero-order valence-electron chi connectivity index (χ0n) is 14.8. The van der Waals surface area contributed by atoms with Crippen LogP contribution >= 0.6 is 0 Å². The van der Waals surface area contributed by atoms with Crippen molar-refractivity contribution in [2.45, 2.75) is 51.0 Å². The molecule has 6 rings (SSSR count). The number of fused-ring (bicyclic) bond motifs is 4. The second kappa shape index (κ2) is 5.60. The molecule has 2 unspecified atom stereocenters.